The molecule has 1 aromatic carbocycles. The first-order valence-electron chi connectivity index (χ1n) is 11.6. The highest BCUT2D eigenvalue weighted by Gasteiger charge is 2.17. The number of hydrogen-bond acceptors (Lipinski definition) is 12. The number of ether oxygens (including phenoxy) is 3. The molecule has 0 atom stereocenters. The third-order valence-corrected chi connectivity index (χ3v) is 5.89. The molecule has 0 saturated heterocycles. The predicted octanol–water partition coefficient (Wildman–Crippen LogP) is 3.09. The Morgan fingerprint density at radius 2 is 0.744 bits per heavy atom. The van der Waals surface area contributed by atoms with Crippen LogP contribution >= 0.6 is 0 Å². The summed E-state index contributed by atoms with van der Waals surface area (Å²) < 4.78 is 23.8. The van der Waals surface area contributed by atoms with Crippen molar-refractivity contribution in [2.24, 2.45) is 21.1 Å². The minimum Gasteiger partial charge on any atom is -0.437 e. The largest absolute Gasteiger partial charge is 0.437 e. The Bertz CT molecular complexity index is 1770. The van der Waals surface area contributed by atoms with E-state index in [0.717, 1.165) is 0 Å². The van der Waals surface area contributed by atoms with E-state index in [4.69, 9.17) is 14.2 Å². The standard InChI is InChI=1S/C24H18N12O3/c1-34-10-31-16-19(34)25-7-28-22(16)37-13-4-14(38-23-17-20(26-8-29-23)35(2)11-32-17)6-15(5-13)39-24-18-21(27-9-30-24)36(3)12-33-18/h4-12H,1-3H3. The molecule has 15 heteroatoms. The van der Waals surface area contributed by atoms with Crippen LogP contribution in [0.4, 0.5) is 0 Å². The predicted molar refractivity (Wildman–Crippen MR) is 136 cm³/mol. The fourth-order valence-corrected chi connectivity index (χ4v) is 4.05. The van der Waals surface area contributed by atoms with E-state index in [2.05, 4.69) is 44.9 Å². The van der Waals surface area contributed by atoms with Gasteiger partial charge in [0.15, 0.2) is 33.5 Å². The molecule has 0 saturated carbocycles. The molecule has 6 aromatic heterocycles. The van der Waals surface area contributed by atoms with Gasteiger partial charge >= 0.3 is 0 Å². The molecule has 15 nitrogen and oxygen atoms in total. The van der Waals surface area contributed by atoms with Crippen LogP contribution in [0.2, 0.25) is 0 Å². The summed E-state index contributed by atoms with van der Waals surface area (Å²) in [5.41, 5.74) is 3.39. The topological polar surface area (TPSA) is 158 Å². The van der Waals surface area contributed by atoms with E-state index in [1.807, 2.05) is 21.1 Å². The summed E-state index contributed by atoms with van der Waals surface area (Å²) in [6.07, 6.45) is 9.15. The fraction of sp³-hybridized carbons (Fsp3) is 0.125. The minimum absolute atomic E-state index is 0.270. The van der Waals surface area contributed by atoms with Gasteiger partial charge in [-0.3, -0.25) is 0 Å². The lowest BCUT2D eigenvalue weighted by Crippen LogP contribution is -1.97. The van der Waals surface area contributed by atoms with Gasteiger partial charge in [0, 0.05) is 39.3 Å². The fourth-order valence-electron chi connectivity index (χ4n) is 4.05. The zero-order chi connectivity index (χ0) is 26.5. The lowest BCUT2D eigenvalue weighted by molar-refractivity contribution is 0.426. The molecule has 0 radical (unpaired) electrons. The second kappa shape index (κ2) is 8.69. The molecule has 6 heterocycles. The van der Waals surface area contributed by atoms with E-state index in [1.165, 1.54) is 19.0 Å². The van der Waals surface area contributed by atoms with Crippen LogP contribution in [-0.2, 0) is 21.1 Å². The molecule has 0 spiro atoms. The Balaban J connectivity index is 1.31. The van der Waals surface area contributed by atoms with E-state index < -0.39 is 0 Å². The zero-order valence-corrected chi connectivity index (χ0v) is 20.8. The molecule has 0 fully saturated rings. The third-order valence-electron chi connectivity index (χ3n) is 5.89. The Labute approximate surface area is 218 Å². The average Bonchev–Trinajstić information content (AvgIpc) is 3.63. The number of nitrogens with zero attached hydrogens (tertiary/aromatic N) is 12. The van der Waals surface area contributed by atoms with Crippen molar-refractivity contribution in [1.82, 2.24) is 58.6 Å². The maximum atomic E-state index is 6.15. The summed E-state index contributed by atoms with van der Waals surface area (Å²) in [4.78, 5) is 38.7. The smallest absolute Gasteiger partial charge is 0.250 e. The number of benzene rings is 1. The quantitative estimate of drug-likeness (QED) is 0.315. The van der Waals surface area contributed by atoms with Gasteiger partial charge in [0.1, 0.15) is 36.2 Å². The van der Waals surface area contributed by atoms with Gasteiger partial charge in [-0.15, -0.1) is 0 Å². The number of aromatic nitrogens is 12. The number of hydrogen-bond donors (Lipinski definition) is 0. The summed E-state index contributed by atoms with van der Waals surface area (Å²) in [5.74, 6) is 1.91. The molecule has 0 N–H and O–H groups in total. The van der Waals surface area contributed by atoms with Crippen molar-refractivity contribution in [1.29, 1.82) is 0 Å². The second-order valence-corrected chi connectivity index (χ2v) is 8.57. The Morgan fingerprint density at radius 1 is 0.436 bits per heavy atom. The first kappa shape index (κ1) is 22.5. The summed E-state index contributed by atoms with van der Waals surface area (Å²) in [7, 11) is 5.52. The first-order valence-corrected chi connectivity index (χ1v) is 11.6. The van der Waals surface area contributed by atoms with E-state index in [0.29, 0.717) is 50.7 Å². The second-order valence-electron chi connectivity index (χ2n) is 8.57. The lowest BCUT2D eigenvalue weighted by atomic mass is 10.3. The molecule has 0 amide bonds. The van der Waals surface area contributed by atoms with Crippen LogP contribution < -0.4 is 14.2 Å². The Morgan fingerprint density at radius 3 is 1.05 bits per heavy atom. The van der Waals surface area contributed by atoms with Crippen molar-refractivity contribution in [3.63, 3.8) is 0 Å². The Hall–Kier alpha value is -5.73. The average molecular weight is 522 g/mol. The number of fused-ring (bicyclic) bond motifs is 3. The van der Waals surface area contributed by atoms with Crippen LogP contribution in [-0.4, -0.2) is 58.6 Å². The summed E-state index contributed by atoms with van der Waals surface area (Å²) >= 11 is 0. The van der Waals surface area contributed by atoms with Crippen molar-refractivity contribution < 1.29 is 14.2 Å². The summed E-state index contributed by atoms with van der Waals surface area (Å²) in [6, 6.07) is 5.03. The van der Waals surface area contributed by atoms with E-state index in [-0.39, 0.29) is 17.6 Å². The molecule has 0 aliphatic heterocycles. The highest BCUT2D eigenvalue weighted by molar-refractivity contribution is 5.78. The maximum absolute atomic E-state index is 6.15. The summed E-state index contributed by atoms with van der Waals surface area (Å²) in [5, 5.41) is 0. The number of imidazole rings is 3. The van der Waals surface area contributed by atoms with Crippen LogP contribution in [0.5, 0.6) is 34.9 Å². The van der Waals surface area contributed by atoms with Crippen LogP contribution in [0, 0.1) is 0 Å². The van der Waals surface area contributed by atoms with Crippen molar-refractivity contribution in [2.45, 2.75) is 0 Å². The molecule has 0 aliphatic rings. The van der Waals surface area contributed by atoms with E-state index >= 15 is 0 Å². The Kier molecular flexibility index (Phi) is 5.00. The minimum atomic E-state index is 0.270. The molecule has 7 aromatic rings. The van der Waals surface area contributed by atoms with Crippen LogP contribution in [0.15, 0.2) is 56.2 Å². The molecule has 7 rings (SSSR count). The molecule has 0 unspecified atom stereocenters. The highest BCUT2D eigenvalue weighted by Crippen LogP contribution is 2.37. The van der Waals surface area contributed by atoms with Crippen molar-refractivity contribution in [3.05, 3.63) is 56.2 Å². The summed E-state index contributed by atoms with van der Waals surface area (Å²) in [6.45, 7) is 0. The monoisotopic (exact) mass is 522 g/mol. The van der Waals surface area contributed by atoms with Crippen LogP contribution in [0.1, 0.15) is 0 Å². The van der Waals surface area contributed by atoms with Gasteiger partial charge in [-0.1, -0.05) is 0 Å². The van der Waals surface area contributed by atoms with Crippen molar-refractivity contribution in [3.8, 4) is 34.9 Å². The normalized spacial score (nSPS) is 11.5. The third kappa shape index (κ3) is 3.88. The van der Waals surface area contributed by atoms with Gasteiger partial charge in [0.25, 0.3) is 17.6 Å². The van der Waals surface area contributed by atoms with E-state index in [1.54, 1.807) is 50.9 Å². The number of aryl methyl sites for hydroxylation is 3. The maximum Gasteiger partial charge on any atom is 0.250 e. The first-order chi connectivity index (χ1) is 19.0. The molecule has 0 bridgehead atoms. The molecular formula is C24H18N12O3. The van der Waals surface area contributed by atoms with Gasteiger partial charge in [-0.05, 0) is 0 Å². The van der Waals surface area contributed by atoms with Crippen LogP contribution in [0.25, 0.3) is 33.5 Å². The molecular weight excluding hydrogens is 504 g/mol. The molecule has 192 valence electrons. The van der Waals surface area contributed by atoms with E-state index in [9.17, 15) is 0 Å². The van der Waals surface area contributed by atoms with Gasteiger partial charge in [-0.25, -0.2) is 29.9 Å². The lowest BCUT2D eigenvalue weighted by Gasteiger charge is -2.12. The van der Waals surface area contributed by atoms with Crippen molar-refractivity contribution >= 4 is 33.5 Å². The number of rotatable bonds is 6. The van der Waals surface area contributed by atoms with Gasteiger partial charge in [0.2, 0.25) is 0 Å². The zero-order valence-electron chi connectivity index (χ0n) is 20.8. The molecule has 39 heavy (non-hydrogen) atoms. The van der Waals surface area contributed by atoms with Crippen LogP contribution in [0.3, 0.4) is 0 Å². The van der Waals surface area contributed by atoms with Crippen molar-refractivity contribution in [2.75, 3.05) is 0 Å². The van der Waals surface area contributed by atoms with Gasteiger partial charge in [-0.2, -0.15) is 15.0 Å². The SMILES string of the molecule is Cn1cnc2c(Oc3cc(Oc4ncnc5c4ncn5C)cc(Oc4ncnc5c4ncn5C)c3)ncnc21. The molecule has 0 aliphatic carbocycles. The highest BCUT2D eigenvalue weighted by atomic mass is 16.5. The van der Waals surface area contributed by atoms with Gasteiger partial charge < -0.3 is 27.9 Å². The van der Waals surface area contributed by atoms with Gasteiger partial charge in [0.05, 0.1) is 19.0 Å².